The minimum Gasteiger partial charge on any atom is -0.347 e. The SMILES string of the molecule is CC(NC(=O)CCCCCCCCCCn1nc(-c2ccccc2)ccc1=N)c1ncc[nH]1. The first kappa shape index (κ1) is 24.4. The highest BCUT2D eigenvalue weighted by Crippen LogP contribution is 2.15. The first-order chi connectivity index (χ1) is 16.1. The molecule has 7 heteroatoms. The third-order valence-corrected chi connectivity index (χ3v) is 5.81. The van der Waals surface area contributed by atoms with Gasteiger partial charge in [0.25, 0.3) is 0 Å². The van der Waals surface area contributed by atoms with Crippen LogP contribution in [0.4, 0.5) is 0 Å². The molecule has 1 aromatic carbocycles. The number of aromatic nitrogens is 4. The number of aromatic amines is 1. The fourth-order valence-electron chi connectivity index (χ4n) is 3.90. The van der Waals surface area contributed by atoms with Gasteiger partial charge in [0.15, 0.2) is 0 Å². The average Bonchev–Trinajstić information content (AvgIpc) is 3.37. The van der Waals surface area contributed by atoms with Crippen LogP contribution in [0.25, 0.3) is 11.3 Å². The summed E-state index contributed by atoms with van der Waals surface area (Å²) in [5.41, 5.74) is 2.45. The van der Waals surface area contributed by atoms with Crippen molar-refractivity contribution >= 4 is 5.91 Å². The molecule has 0 spiro atoms. The van der Waals surface area contributed by atoms with E-state index in [0.29, 0.717) is 11.9 Å². The van der Waals surface area contributed by atoms with Gasteiger partial charge in [-0.25, -0.2) is 9.67 Å². The normalized spacial score (nSPS) is 11.9. The van der Waals surface area contributed by atoms with Crippen molar-refractivity contribution in [1.82, 2.24) is 25.1 Å². The lowest BCUT2D eigenvalue weighted by Crippen LogP contribution is -2.27. The summed E-state index contributed by atoms with van der Waals surface area (Å²) >= 11 is 0. The third-order valence-electron chi connectivity index (χ3n) is 5.81. The lowest BCUT2D eigenvalue weighted by molar-refractivity contribution is -0.121. The van der Waals surface area contributed by atoms with Crippen LogP contribution in [0.5, 0.6) is 0 Å². The van der Waals surface area contributed by atoms with E-state index in [2.05, 4.69) is 20.4 Å². The van der Waals surface area contributed by atoms with Crippen LogP contribution in [-0.2, 0) is 11.3 Å². The summed E-state index contributed by atoms with van der Waals surface area (Å²) in [7, 11) is 0. The van der Waals surface area contributed by atoms with Crippen LogP contribution < -0.4 is 10.8 Å². The maximum atomic E-state index is 12.0. The van der Waals surface area contributed by atoms with Gasteiger partial charge in [0.1, 0.15) is 11.3 Å². The highest BCUT2D eigenvalue weighted by Gasteiger charge is 2.10. The number of hydrogen-bond donors (Lipinski definition) is 3. The Morgan fingerprint density at radius 3 is 2.39 bits per heavy atom. The predicted octanol–water partition coefficient (Wildman–Crippen LogP) is 5.14. The monoisotopic (exact) mass is 448 g/mol. The van der Waals surface area contributed by atoms with Crippen molar-refractivity contribution < 1.29 is 4.79 Å². The van der Waals surface area contributed by atoms with Crippen LogP contribution in [0.2, 0.25) is 0 Å². The van der Waals surface area contributed by atoms with E-state index in [9.17, 15) is 4.79 Å². The molecule has 7 nitrogen and oxygen atoms in total. The van der Waals surface area contributed by atoms with E-state index < -0.39 is 0 Å². The molecular weight excluding hydrogens is 412 g/mol. The zero-order valence-corrected chi connectivity index (χ0v) is 19.6. The molecule has 0 aliphatic carbocycles. The average molecular weight is 449 g/mol. The minimum absolute atomic E-state index is 0.0761. The number of carbonyl (C=O) groups is 1. The largest absolute Gasteiger partial charge is 0.347 e. The van der Waals surface area contributed by atoms with Crippen molar-refractivity contribution in [2.75, 3.05) is 0 Å². The van der Waals surface area contributed by atoms with E-state index in [-0.39, 0.29) is 11.9 Å². The van der Waals surface area contributed by atoms with Crippen molar-refractivity contribution in [2.45, 2.75) is 77.3 Å². The molecule has 0 aliphatic heterocycles. The molecule has 176 valence electrons. The Morgan fingerprint density at radius 2 is 1.70 bits per heavy atom. The van der Waals surface area contributed by atoms with Gasteiger partial charge in [-0.1, -0.05) is 68.9 Å². The molecule has 3 N–H and O–H groups in total. The molecule has 1 unspecified atom stereocenters. The van der Waals surface area contributed by atoms with Gasteiger partial charge in [0, 0.05) is 30.9 Å². The Kier molecular flexibility index (Phi) is 9.88. The topological polar surface area (TPSA) is 99.5 Å². The Labute approximate surface area is 196 Å². The molecule has 33 heavy (non-hydrogen) atoms. The smallest absolute Gasteiger partial charge is 0.220 e. The Morgan fingerprint density at radius 1 is 1.00 bits per heavy atom. The third kappa shape index (κ3) is 8.33. The zero-order chi connectivity index (χ0) is 23.3. The Hall–Kier alpha value is -3.22. The predicted molar refractivity (Wildman–Crippen MR) is 130 cm³/mol. The Bertz CT molecular complexity index is 1010. The van der Waals surface area contributed by atoms with Gasteiger partial charge < -0.3 is 10.3 Å². The second-order valence-corrected chi connectivity index (χ2v) is 8.54. The summed E-state index contributed by atoms with van der Waals surface area (Å²) in [5, 5.41) is 15.7. The van der Waals surface area contributed by atoms with Crippen LogP contribution in [0.1, 0.15) is 76.6 Å². The van der Waals surface area contributed by atoms with Crippen molar-refractivity contribution in [3.63, 3.8) is 0 Å². The highest BCUT2D eigenvalue weighted by atomic mass is 16.1. The first-order valence-electron chi connectivity index (χ1n) is 12.1. The molecule has 0 bridgehead atoms. The second kappa shape index (κ2) is 13.4. The van der Waals surface area contributed by atoms with E-state index >= 15 is 0 Å². The number of H-pyrrole nitrogens is 1. The van der Waals surface area contributed by atoms with Gasteiger partial charge in [0.05, 0.1) is 11.7 Å². The maximum absolute atomic E-state index is 12.0. The van der Waals surface area contributed by atoms with E-state index in [1.807, 2.05) is 49.4 Å². The van der Waals surface area contributed by atoms with Crippen molar-refractivity contribution in [1.29, 1.82) is 5.41 Å². The van der Waals surface area contributed by atoms with E-state index in [0.717, 1.165) is 49.3 Å². The molecule has 3 aromatic rings. The molecule has 1 atom stereocenters. The fourth-order valence-corrected chi connectivity index (χ4v) is 3.90. The van der Waals surface area contributed by atoms with E-state index in [1.54, 1.807) is 17.1 Å². The molecule has 0 saturated heterocycles. The summed E-state index contributed by atoms with van der Waals surface area (Å²) in [6, 6.07) is 13.8. The summed E-state index contributed by atoms with van der Waals surface area (Å²) < 4.78 is 1.81. The van der Waals surface area contributed by atoms with Crippen LogP contribution in [-0.4, -0.2) is 25.7 Å². The zero-order valence-electron chi connectivity index (χ0n) is 19.6. The molecule has 0 fully saturated rings. The number of aryl methyl sites for hydroxylation is 1. The second-order valence-electron chi connectivity index (χ2n) is 8.54. The number of rotatable bonds is 14. The number of nitrogens with zero attached hydrogens (tertiary/aromatic N) is 3. The van der Waals surface area contributed by atoms with Crippen molar-refractivity contribution in [2.24, 2.45) is 0 Å². The summed E-state index contributed by atoms with van der Waals surface area (Å²) in [5.74, 6) is 0.885. The van der Waals surface area contributed by atoms with Crippen LogP contribution in [0.3, 0.4) is 0 Å². The molecule has 0 saturated carbocycles. The van der Waals surface area contributed by atoms with E-state index in [4.69, 9.17) is 5.41 Å². The van der Waals surface area contributed by atoms with Crippen molar-refractivity contribution in [3.8, 4) is 11.3 Å². The van der Waals surface area contributed by atoms with Crippen molar-refractivity contribution in [3.05, 3.63) is 66.2 Å². The molecule has 3 rings (SSSR count). The number of unbranched alkanes of at least 4 members (excludes halogenated alkanes) is 7. The fraction of sp³-hybridized carbons (Fsp3) is 0.462. The lowest BCUT2D eigenvalue weighted by Gasteiger charge is -2.11. The Balaban J connectivity index is 1.22. The van der Waals surface area contributed by atoms with Gasteiger partial charge in [-0.05, 0) is 31.9 Å². The number of nitrogens with one attached hydrogen (secondary N) is 3. The number of carbonyl (C=O) groups excluding carboxylic acids is 1. The number of amides is 1. The summed E-state index contributed by atoms with van der Waals surface area (Å²) in [6.07, 6.45) is 13.1. The molecule has 2 heterocycles. The molecule has 1 amide bonds. The molecule has 2 aromatic heterocycles. The van der Waals surface area contributed by atoms with Gasteiger partial charge in [-0.2, -0.15) is 5.10 Å². The maximum Gasteiger partial charge on any atom is 0.220 e. The summed E-state index contributed by atoms with van der Waals surface area (Å²) in [6.45, 7) is 2.72. The number of benzene rings is 1. The van der Waals surface area contributed by atoms with Crippen LogP contribution in [0.15, 0.2) is 54.9 Å². The lowest BCUT2D eigenvalue weighted by atomic mass is 10.1. The minimum atomic E-state index is -0.0761. The highest BCUT2D eigenvalue weighted by molar-refractivity contribution is 5.76. The van der Waals surface area contributed by atoms with Gasteiger partial charge in [-0.3, -0.25) is 10.2 Å². The quantitative estimate of drug-likeness (QED) is 0.298. The first-order valence-corrected chi connectivity index (χ1v) is 12.1. The van der Waals surface area contributed by atoms with Crippen LogP contribution >= 0.6 is 0 Å². The van der Waals surface area contributed by atoms with Gasteiger partial charge in [0.2, 0.25) is 5.91 Å². The summed E-state index contributed by atoms with van der Waals surface area (Å²) in [4.78, 5) is 19.2. The molecule has 0 radical (unpaired) electrons. The number of hydrogen-bond acceptors (Lipinski definition) is 4. The van der Waals surface area contributed by atoms with E-state index in [1.165, 1.54) is 25.7 Å². The van der Waals surface area contributed by atoms with Crippen LogP contribution in [0, 0.1) is 5.41 Å². The molecule has 0 aliphatic rings. The number of imidazole rings is 1. The standard InChI is InChI=1S/C26H36N6O/c1-21(26-28-18-19-29-26)30-25(33)15-11-6-4-2-3-5-7-12-20-32-24(27)17-16-23(31-32)22-13-9-8-10-14-22/h8-10,13-14,16-19,21,27H,2-7,11-12,15,20H2,1H3,(H,28,29)(H,30,33). The molecular formula is C26H36N6O. The van der Waals surface area contributed by atoms with Gasteiger partial charge in [-0.15, -0.1) is 0 Å². The van der Waals surface area contributed by atoms with Gasteiger partial charge >= 0.3 is 0 Å².